The largest absolute Gasteiger partial charge is 0.361 e. The zero-order chi connectivity index (χ0) is 20.5. The molecule has 150 valence electrons. The van der Waals surface area contributed by atoms with Crippen LogP contribution in [-0.4, -0.2) is 34.8 Å². The number of halogens is 2. The van der Waals surface area contributed by atoms with Crippen LogP contribution in [0.3, 0.4) is 0 Å². The molecule has 7 heteroatoms. The highest BCUT2D eigenvalue weighted by Gasteiger charge is 2.34. The smallest absolute Gasteiger partial charge is 0.229 e. The Morgan fingerprint density at radius 3 is 3.00 bits per heavy atom. The molecule has 0 saturated carbocycles. The van der Waals surface area contributed by atoms with Gasteiger partial charge in [0.05, 0.1) is 5.92 Å². The number of hydrogen-bond acceptors (Lipinski definition) is 2. The van der Waals surface area contributed by atoms with Crippen LogP contribution in [0.25, 0.3) is 10.9 Å². The lowest BCUT2D eigenvalue weighted by molar-refractivity contribution is -0.128. The number of likely N-dealkylation sites (tertiary alicyclic amines) is 1. The van der Waals surface area contributed by atoms with Crippen LogP contribution in [0.2, 0.25) is 5.02 Å². The summed E-state index contributed by atoms with van der Waals surface area (Å²) in [6.07, 6.45) is 2.63. The number of rotatable bonds is 5. The Labute approximate surface area is 172 Å². The maximum absolute atomic E-state index is 13.5. The van der Waals surface area contributed by atoms with Crippen LogP contribution in [0.5, 0.6) is 0 Å². The molecule has 0 spiro atoms. The van der Waals surface area contributed by atoms with Gasteiger partial charge in [0.1, 0.15) is 5.82 Å². The van der Waals surface area contributed by atoms with E-state index in [2.05, 4.69) is 10.3 Å². The second-order valence-electron chi connectivity index (χ2n) is 7.40. The summed E-state index contributed by atoms with van der Waals surface area (Å²) < 4.78 is 13.5. The van der Waals surface area contributed by atoms with Crippen LogP contribution >= 0.6 is 11.6 Å². The standard InChI is InChI=1S/C22H21ClFN3O2/c1-13-18(23)3-2-4-19(13)26-22(29)15-9-21(28)27(12-15)8-7-14-11-25-20-6-5-16(24)10-17(14)20/h2-6,10-11,15,25H,7-9,12H2,1H3,(H,26,29)/t15-/m0/s1. The molecule has 0 unspecified atom stereocenters. The van der Waals surface area contributed by atoms with E-state index in [9.17, 15) is 14.0 Å². The number of carbonyl (C=O) groups excluding carboxylic acids is 2. The van der Waals surface area contributed by atoms with Gasteiger partial charge in [0.15, 0.2) is 0 Å². The maximum Gasteiger partial charge on any atom is 0.229 e. The zero-order valence-electron chi connectivity index (χ0n) is 16.0. The van der Waals surface area contributed by atoms with Crippen molar-refractivity contribution in [1.29, 1.82) is 0 Å². The Morgan fingerprint density at radius 2 is 2.17 bits per heavy atom. The summed E-state index contributed by atoms with van der Waals surface area (Å²) in [6.45, 7) is 2.71. The molecule has 1 aromatic heterocycles. The number of anilines is 1. The predicted molar refractivity (Wildman–Crippen MR) is 111 cm³/mol. The quantitative estimate of drug-likeness (QED) is 0.655. The Balaban J connectivity index is 1.39. The summed E-state index contributed by atoms with van der Waals surface area (Å²) >= 11 is 6.10. The monoisotopic (exact) mass is 413 g/mol. The van der Waals surface area contributed by atoms with Crippen molar-refractivity contribution in [2.45, 2.75) is 19.8 Å². The number of H-pyrrole nitrogens is 1. The molecule has 3 aromatic rings. The van der Waals surface area contributed by atoms with Crippen molar-refractivity contribution in [3.63, 3.8) is 0 Å². The highest BCUT2D eigenvalue weighted by molar-refractivity contribution is 6.31. The molecular formula is C22H21ClFN3O2. The highest BCUT2D eigenvalue weighted by Crippen LogP contribution is 2.26. The van der Waals surface area contributed by atoms with E-state index in [0.717, 1.165) is 22.0 Å². The topological polar surface area (TPSA) is 65.2 Å². The Morgan fingerprint density at radius 1 is 1.34 bits per heavy atom. The summed E-state index contributed by atoms with van der Waals surface area (Å²) in [5, 5.41) is 4.29. The van der Waals surface area contributed by atoms with Gasteiger partial charge in [-0.25, -0.2) is 4.39 Å². The number of hydrogen-bond donors (Lipinski definition) is 2. The van der Waals surface area contributed by atoms with E-state index in [1.807, 2.05) is 13.1 Å². The lowest BCUT2D eigenvalue weighted by atomic mass is 10.1. The van der Waals surface area contributed by atoms with Gasteiger partial charge in [-0.05, 0) is 54.8 Å². The van der Waals surface area contributed by atoms with E-state index in [-0.39, 0.29) is 24.1 Å². The first-order chi connectivity index (χ1) is 13.9. The number of nitrogens with one attached hydrogen (secondary N) is 2. The fraction of sp³-hybridized carbons (Fsp3) is 0.273. The van der Waals surface area contributed by atoms with Crippen molar-refractivity contribution >= 4 is 40.0 Å². The maximum atomic E-state index is 13.5. The third-order valence-corrected chi connectivity index (χ3v) is 5.90. The van der Waals surface area contributed by atoms with Gasteiger partial charge in [-0.15, -0.1) is 0 Å². The van der Waals surface area contributed by atoms with E-state index in [0.29, 0.717) is 30.2 Å². The Kier molecular flexibility index (Phi) is 5.28. The summed E-state index contributed by atoms with van der Waals surface area (Å²) in [7, 11) is 0. The summed E-state index contributed by atoms with van der Waals surface area (Å²) in [4.78, 5) is 29.9. The van der Waals surface area contributed by atoms with Gasteiger partial charge >= 0.3 is 0 Å². The molecule has 1 aliphatic heterocycles. The molecule has 0 aliphatic carbocycles. The summed E-state index contributed by atoms with van der Waals surface area (Å²) in [6, 6.07) is 9.95. The normalized spacial score (nSPS) is 16.6. The Hall–Kier alpha value is -2.86. The third kappa shape index (κ3) is 3.98. The number of fused-ring (bicyclic) bond motifs is 1. The molecule has 0 radical (unpaired) electrons. The number of amides is 2. The van der Waals surface area contributed by atoms with Gasteiger partial charge in [-0.3, -0.25) is 9.59 Å². The van der Waals surface area contributed by atoms with Gasteiger partial charge in [-0.2, -0.15) is 0 Å². The fourth-order valence-corrected chi connectivity index (χ4v) is 3.93. The molecule has 2 amide bonds. The van der Waals surface area contributed by atoms with Crippen LogP contribution in [0, 0.1) is 18.7 Å². The molecule has 5 nitrogen and oxygen atoms in total. The Bertz CT molecular complexity index is 1090. The number of nitrogens with zero attached hydrogens (tertiary/aromatic N) is 1. The van der Waals surface area contributed by atoms with Crippen LogP contribution in [0.15, 0.2) is 42.6 Å². The van der Waals surface area contributed by atoms with Crippen molar-refractivity contribution in [3.8, 4) is 0 Å². The fourth-order valence-electron chi connectivity index (χ4n) is 3.75. The minimum Gasteiger partial charge on any atom is -0.361 e. The van der Waals surface area contributed by atoms with E-state index in [4.69, 9.17) is 11.6 Å². The minimum absolute atomic E-state index is 0.0426. The molecular weight excluding hydrogens is 393 g/mol. The van der Waals surface area contributed by atoms with E-state index < -0.39 is 5.92 Å². The van der Waals surface area contributed by atoms with Gasteiger partial charge in [0.2, 0.25) is 11.8 Å². The number of aromatic nitrogens is 1. The van der Waals surface area contributed by atoms with Gasteiger partial charge in [0, 0.05) is 47.3 Å². The molecule has 0 bridgehead atoms. The average Bonchev–Trinajstić information content (AvgIpc) is 3.26. The van der Waals surface area contributed by atoms with Crippen molar-refractivity contribution < 1.29 is 14.0 Å². The molecule has 1 atom stereocenters. The highest BCUT2D eigenvalue weighted by atomic mass is 35.5. The molecule has 29 heavy (non-hydrogen) atoms. The van der Waals surface area contributed by atoms with Crippen LogP contribution < -0.4 is 5.32 Å². The van der Waals surface area contributed by atoms with Crippen molar-refractivity contribution in [3.05, 3.63) is 64.6 Å². The lowest BCUT2D eigenvalue weighted by Crippen LogP contribution is -2.30. The molecule has 2 heterocycles. The van der Waals surface area contributed by atoms with Gasteiger partial charge < -0.3 is 15.2 Å². The lowest BCUT2D eigenvalue weighted by Gasteiger charge is -2.17. The van der Waals surface area contributed by atoms with E-state index >= 15 is 0 Å². The summed E-state index contributed by atoms with van der Waals surface area (Å²) in [5.74, 6) is -0.913. The minimum atomic E-state index is -0.402. The summed E-state index contributed by atoms with van der Waals surface area (Å²) in [5.41, 5.74) is 3.28. The van der Waals surface area contributed by atoms with Crippen LogP contribution in [0.1, 0.15) is 17.5 Å². The average molecular weight is 414 g/mol. The molecule has 1 saturated heterocycles. The second-order valence-corrected chi connectivity index (χ2v) is 7.80. The number of benzene rings is 2. The molecule has 1 fully saturated rings. The van der Waals surface area contributed by atoms with E-state index in [1.54, 1.807) is 29.2 Å². The molecule has 2 aromatic carbocycles. The van der Waals surface area contributed by atoms with Crippen molar-refractivity contribution in [2.75, 3.05) is 18.4 Å². The first kappa shape index (κ1) is 19.5. The predicted octanol–water partition coefficient (Wildman–Crippen LogP) is 4.30. The van der Waals surface area contributed by atoms with E-state index in [1.165, 1.54) is 12.1 Å². The zero-order valence-corrected chi connectivity index (χ0v) is 16.7. The number of carbonyl (C=O) groups is 2. The van der Waals surface area contributed by atoms with Crippen molar-refractivity contribution in [1.82, 2.24) is 9.88 Å². The first-order valence-electron chi connectivity index (χ1n) is 9.51. The molecule has 4 rings (SSSR count). The third-order valence-electron chi connectivity index (χ3n) is 5.49. The van der Waals surface area contributed by atoms with Gasteiger partial charge in [-0.1, -0.05) is 17.7 Å². The van der Waals surface area contributed by atoms with Crippen LogP contribution in [-0.2, 0) is 16.0 Å². The first-order valence-corrected chi connectivity index (χ1v) is 9.89. The molecule has 2 N–H and O–H groups in total. The van der Waals surface area contributed by atoms with Crippen LogP contribution in [0.4, 0.5) is 10.1 Å². The van der Waals surface area contributed by atoms with Gasteiger partial charge in [0.25, 0.3) is 0 Å². The second kappa shape index (κ2) is 7.87. The SMILES string of the molecule is Cc1c(Cl)cccc1NC(=O)[C@H]1CC(=O)N(CCc2c[nH]c3ccc(F)cc23)C1. The molecule has 1 aliphatic rings. The number of aromatic amines is 1. The van der Waals surface area contributed by atoms with Crippen molar-refractivity contribution in [2.24, 2.45) is 5.92 Å².